The number of rotatable bonds is 4. The third kappa shape index (κ3) is 4.29. The summed E-state index contributed by atoms with van der Waals surface area (Å²) in [6.07, 6.45) is 4.20. The summed E-state index contributed by atoms with van der Waals surface area (Å²) in [5.41, 5.74) is 0.989. The van der Waals surface area contributed by atoms with Crippen molar-refractivity contribution in [2.24, 2.45) is 5.92 Å². The van der Waals surface area contributed by atoms with E-state index < -0.39 is 0 Å². The Bertz CT molecular complexity index is 560. The van der Waals surface area contributed by atoms with E-state index in [4.69, 9.17) is 0 Å². The second kappa shape index (κ2) is 7.40. The molecule has 0 unspecified atom stereocenters. The van der Waals surface area contributed by atoms with Gasteiger partial charge in [0, 0.05) is 37.9 Å². The van der Waals surface area contributed by atoms with Crippen molar-refractivity contribution < 1.29 is 9.59 Å². The van der Waals surface area contributed by atoms with Crippen molar-refractivity contribution in [2.45, 2.75) is 39.2 Å². The summed E-state index contributed by atoms with van der Waals surface area (Å²) >= 11 is 1.46. The Labute approximate surface area is 140 Å². The van der Waals surface area contributed by atoms with E-state index in [1.807, 2.05) is 10.3 Å². The fourth-order valence-electron chi connectivity index (χ4n) is 3.35. The first-order valence-electron chi connectivity index (χ1n) is 8.35. The van der Waals surface area contributed by atoms with Crippen LogP contribution in [0.2, 0.25) is 0 Å². The van der Waals surface area contributed by atoms with Crippen LogP contribution in [0.1, 0.15) is 38.3 Å². The van der Waals surface area contributed by atoms with Gasteiger partial charge >= 0.3 is 0 Å². The van der Waals surface area contributed by atoms with E-state index in [-0.39, 0.29) is 11.8 Å². The molecule has 2 aliphatic rings. The number of thiazole rings is 1. The molecule has 3 heterocycles. The van der Waals surface area contributed by atoms with Crippen molar-refractivity contribution in [1.82, 2.24) is 14.8 Å². The third-order valence-electron chi connectivity index (χ3n) is 4.57. The molecule has 7 heteroatoms. The third-order valence-corrected chi connectivity index (χ3v) is 5.38. The molecule has 0 spiro atoms. The molecule has 0 bridgehead atoms. The maximum absolute atomic E-state index is 12.4. The lowest BCUT2D eigenvalue weighted by Crippen LogP contribution is -2.41. The van der Waals surface area contributed by atoms with Crippen molar-refractivity contribution in [3.05, 3.63) is 11.1 Å². The molecule has 0 radical (unpaired) electrons. The van der Waals surface area contributed by atoms with Gasteiger partial charge in [0.2, 0.25) is 11.8 Å². The number of amides is 2. The quantitative estimate of drug-likeness (QED) is 0.912. The molecule has 1 aromatic rings. The van der Waals surface area contributed by atoms with E-state index in [1.54, 1.807) is 0 Å². The van der Waals surface area contributed by atoms with Crippen molar-refractivity contribution >= 4 is 28.3 Å². The molecule has 2 aliphatic heterocycles. The van der Waals surface area contributed by atoms with Crippen LogP contribution in [0.3, 0.4) is 0 Å². The molecule has 0 aliphatic carbocycles. The number of likely N-dealkylation sites (tertiary alicyclic amines) is 2. The number of carbonyl (C=O) groups is 2. The lowest BCUT2D eigenvalue weighted by atomic mass is 9.95. The van der Waals surface area contributed by atoms with E-state index in [0.717, 1.165) is 64.1 Å². The SMILES string of the molecule is CC(=O)Nc1nc(CN2CCC(C(=O)N3CCCC3)CC2)cs1. The monoisotopic (exact) mass is 336 g/mol. The van der Waals surface area contributed by atoms with Crippen molar-refractivity contribution in [2.75, 3.05) is 31.5 Å². The van der Waals surface area contributed by atoms with Crippen LogP contribution < -0.4 is 5.32 Å². The second-order valence-electron chi connectivity index (χ2n) is 6.41. The van der Waals surface area contributed by atoms with Crippen molar-refractivity contribution in [3.63, 3.8) is 0 Å². The fourth-order valence-corrected chi connectivity index (χ4v) is 4.10. The number of aromatic nitrogens is 1. The van der Waals surface area contributed by atoms with Gasteiger partial charge in [-0.1, -0.05) is 0 Å². The van der Waals surface area contributed by atoms with E-state index in [2.05, 4.69) is 15.2 Å². The largest absolute Gasteiger partial charge is 0.342 e. The summed E-state index contributed by atoms with van der Waals surface area (Å²) < 4.78 is 0. The van der Waals surface area contributed by atoms with Gasteiger partial charge in [-0.2, -0.15) is 0 Å². The van der Waals surface area contributed by atoms with Crippen molar-refractivity contribution in [3.8, 4) is 0 Å². The number of piperidine rings is 1. The summed E-state index contributed by atoms with van der Waals surface area (Å²) in [5.74, 6) is 0.477. The molecule has 3 rings (SSSR count). The van der Waals surface area contributed by atoms with Gasteiger partial charge in [-0.3, -0.25) is 14.5 Å². The van der Waals surface area contributed by atoms with Gasteiger partial charge in [0.05, 0.1) is 5.69 Å². The Morgan fingerprint density at radius 1 is 1.26 bits per heavy atom. The Hall–Kier alpha value is -1.47. The topological polar surface area (TPSA) is 65.5 Å². The maximum Gasteiger partial charge on any atom is 0.225 e. The molecule has 23 heavy (non-hydrogen) atoms. The normalized spacial score (nSPS) is 20.0. The zero-order valence-corrected chi connectivity index (χ0v) is 14.4. The Kier molecular flexibility index (Phi) is 5.27. The number of carbonyl (C=O) groups excluding carboxylic acids is 2. The predicted octanol–water partition coefficient (Wildman–Crippen LogP) is 1.94. The standard InChI is InChI=1S/C16H24N4O2S/c1-12(21)17-16-18-14(11-23-16)10-19-8-4-13(5-9-19)15(22)20-6-2-3-7-20/h11,13H,2-10H2,1H3,(H,17,18,21). The molecule has 2 fully saturated rings. The van der Waals surface area contributed by atoms with Gasteiger partial charge in [0.25, 0.3) is 0 Å². The summed E-state index contributed by atoms with van der Waals surface area (Å²) in [6, 6.07) is 0. The fraction of sp³-hybridized carbons (Fsp3) is 0.688. The highest BCUT2D eigenvalue weighted by atomic mass is 32.1. The first kappa shape index (κ1) is 16.4. The Morgan fingerprint density at radius 2 is 1.96 bits per heavy atom. The summed E-state index contributed by atoms with van der Waals surface area (Å²) in [7, 11) is 0. The minimum Gasteiger partial charge on any atom is -0.342 e. The Balaban J connectivity index is 1.46. The molecule has 126 valence electrons. The van der Waals surface area contributed by atoms with Crippen LogP contribution in [0.25, 0.3) is 0 Å². The van der Waals surface area contributed by atoms with Crippen LogP contribution in [0, 0.1) is 5.92 Å². The molecular formula is C16H24N4O2S. The number of nitrogens with zero attached hydrogens (tertiary/aromatic N) is 3. The number of hydrogen-bond acceptors (Lipinski definition) is 5. The molecular weight excluding hydrogens is 312 g/mol. The summed E-state index contributed by atoms with van der Waals surface area (Å²) in [6.45, 7) is 6.06. The molecule has 2 saturated heterocycles. The van der Waals surface area contributed by atoms with Crippen LogP contribution in [0.5, 0.6) is 0 Å². The van der Waals surface area contributed by atoms with Crippen LogP contribution in [0.15, 0.2) is 5.38 Å². The lowest BCUT2D eigenvalue weighted by Gasteiger charge is -2.32. The molecule has 0 aromatic carbocycles. The van der Waals surface area contributed by atoms with Gasteiger partial charge in [-0.05, 0) is 38.8 Å². The number of anilines is 1. The number of hydrogen-bond donors (Lipinski definition) is 1. The van der Waals surface area contributed by atoms with Crippen LogP contribution >= 0.6 is 11.3 Å². The van der Waals surface area contributed by atoms with Crippen LogP contribution in [-0.2, 0) is 16.1 Å². The summed E-state index contributed by atoms with van der Waals surface area (Å²) in [5, 5.41) is 5.37. The minimum absolute atomic E-state index is 0.0906. The zero-order chi connectivity index (χ0) is 16.2. The van der Waals surface area contributed by atoms with E-state index >= 15 is 0 Å². The smallest absolute Gasteiger partial charge is 0.225 e. The predicted molar refractivity (Wildman–Crippen MR) is 90.2 cm³/mol. The molecule has 0 saturated carbocycles. The van der Waals surface area contributed by atoms with Gasteiger partial charge in [-0.15, -0.1) is 11.3 Å². The molecule has 1 N–H and O–H groups in total. The summed E-state index contributed by atoms with van der Waals surface area (Å²) in [4.78, 5) is 32.3. The van der Waals surface area contributed by atoms with Crippen LogP contribution in [-0.4, -0.2) is 52.8 Å². The first-order valence-corrected chi connectivity index (χ1v) is 9.23. The van der Waals surface area contributed by atoms with Crippen molar-refractivity contribution in [1.29, 1.82) is 0 Å². The Morgan fingerprint density at radius 3 is 2.61 bits per heavy atom. The molecule has 6 nitrogen and oxygen atoms in total. The molecule has 0 atom stereocenters. The van der Waals surface area contributed by atoms with E-state index in [9.17, 15) is 9.59 Å². The van der Waals surface area contributed by atoms with Gasteiger partial charge in [0.1, 0.15) is 0 Å². The van der Waals surface area contributed by atoms with E-state index in [0.29, 0.717) is 11.0 Å². The highest BCUT2D eigenvalue weighted by Crippen LogP contribution is 2.24. The first-order chi connectivity index (χ1) is 11.1. The van der Waals surface area contributed by atoms with Gasteiger partial charge in [0.15, 0.2) is 5.13 Å². The molecule has 2 amide bonds. The lowest BCUT2D eigenvalue weighted by molar-refractivity contribution is -0.136. The van der Waals surface area contributed by atoms with Gasteiger partial charge in [-0.25, -0.2) is 4.98 Å². The van der Waals surface area contributed by atoms with E-state index in [1.165, 1.54) is 18.3 Å². The average Bonchev–Trinajstić information content (AvgIpc) is 3.19. The maximum atomic E-state index is 12.4. The minimum atomic E-state index is -0.0906. The zero-order valence-electron chi connectivity index (χ0n) is 13.6. The highest BCUT2D eigenvalue weighted by Gasteiger charge is 2.29. The second-order valence-corrected chi connectivity index (χ2v) is 7.27. The molecule has 1 aromatic heterocycles. The highest BCUT2D eigenvalue weighted by molar-refractivity contribution is 7.13. The van der Waals surface area contributed by atoms with Gasteiger partial charge < -0.3 is 10.2 Å². The van der Waals surface area contributed by atoms with Crippen LogP contribution in [0.4, 0.5) is 5.13 Å². The average molecular weight is 336 g/mol. The number of nitrogens with one attached hydrogen (secondary N) is 1.